The average molecular weight is 211 g/mol. The van der Waals surface area contributed by atoms with Gasteiger partial charge < -0.3 is 4.90 Å². The van der Waals surface area contributed by atoms with Crippen LogP contribution in [-0.4, -0.2) is 30.7 Å². The molecule has 0 aromatic rings. The maximum atomic E-state index is 11.5. The van der Waals surface area contributed by atoms with Crippen LogP contribution in [0.4, 0.5) is 0 Å². The Morgan fingerprint density at radius 2 is 1.87 bits per heavy atom. The van der Waals surface area contributed by atoms with Crippen molar-refractivity contribution in [3.05, 3.63) is 12.2 Å². The quantitative estimate of drug-likeness (QED) is 0.630. The number of allylic oxidation sites excluding steroid dienone is 1. The number of hydrogen-bond acceptors (Lipinski definition) is 2. The van der Waals surface area contributed by atoms with E-state index in [2.05, 4.69) is 6.58 Å². The number of rotatable bonds is 6. The fourth-order valence-electron chi connectivity index (χ4n) is 1.43. The largest absolute Gasteiger partial charge is 0.349 e. The second kappa shape index (κ2) is 6.38. The highest BCUT2D eigenvalue weighted by atomic mass is 16.2. The van der Waals surface area contributed by atoms with E-state index in [1.807, 2.05) is 6.92 Å². The molecule has 0 rings (SSSR count). The first-order valence-electron chi connectivity index (χ1n) is 5.28. The first-order valence-corrected chi connectivity index (χ1v) is 5.28. The molecule has 1 atom stereocenters. The van der Waals surface area contributed by atoms with Crippen molar-refractivity contribution in [1.82, 2.24) is 4.90 Å². The van der Waals surface area contributed by atoms with Crippen LogP contribution in [0.2, 0.25) is 0 Å². The van der Waals surface area contributed by atoms with Crippen LogP contribution in [0, 0.1) is 5.92 Å². The van der Waals surface area contributed by atoms with E-state index >= 15 is 0 Å². The smallest absolute Gasteiger partial charge is 0.223 e. The molecule has 0 aliphatic heterocycles. The molecule has 1 amide bonds. The van der Waals surface area contributed by atoms with Crippen LogP contribution < -0.4 is 0 Å². The van der Waals surface area contributed by atoms with E-state index in [1.165, 1.54) is 11.8 Å². The van der Waals surface area contributed by atoms with Crippen LogP contribution in [0.1, 0.15) is 33.1 Å². The second-order valence-corrected chi connectivity index (χ2v) is 4.06. The summed E-state index contributed by atoms with van der Waals surface area (Å²) in [7, 11) is 3.39. The van der Waals surface area contributed by atoms with Crippen molar-refractivity contribution < 1.29 is 9.59 Å². The molecule has 0 bridgehead atoms. The standard InChI is InChI=1S/C12H21NO2/c1-6-7-9(2)11(10(3)14)8-12(15)13(4)5/h11H,2,6-8H2,1,3-5H3. The summed E-state index contributed by atoms with van der Waals surface area (Å²) in [6.45, 7) is 7.45. The van der Waals surface area contributed by atoms with E-state index < -0.39 is 0 Å². The molecule has 15 heavy (non-hydrogen) atoms. The van der Waals surface area contributed by atoms with Gasteiger partial charge in [0.1, 0.15) is 5.78 Å². The van der Waals surface area contributed by atoms with E-state index in [-0.39, 0.29) is 24.0 Å². The number of nitrogens with zero attached hydrogens (tertiary/aromatic N) is 1. The minimum atomic E-state index is -0.306. The van der Waals surface area contributed by atoms with Gasteiger partial charge in [-0.3, -0.25) is 9.59 Å². The van der Waals surface area contributed by atoms with Gasteiger partial charge in [0.05, 0.1) is 0 Å². The Bertz CT molecular complexity index is 256. The number of ketones is 1. The molecule has 0 aromatic heterocycles. The van der Waals surface area contributed by atoms with Crippen LogP contribution in [0.3, 0.4) is 0 Å². The Morgan fingerprint density at radius 3 is 2.20 bits per heavy atom. The molecule has 1 unspecified atom stereocenters. The van der Waals surface area contributed by atoms with Crippen molar-refractivity contribution in [1.29, 1.82) is 0 Å². The third-order valence-electron chi connectivity index (χ3n) is 2.43. The van der Waals surface area contributed by atoms with Crippen molar-refractivity contribution in [2.24, 2.45) is 5.92 Å². The number of Topliss-reactive ketones (excluding diaryl/α,β-unsaturated/α-hetero) is 1. The van der Waals surface area contributed by atoms with Crippen LogP contribution in [0.25, 0.3) is 0 Å². The van der Waals surface area contributed by atoms with Crippen LogP contribution in [-0.2, 0) is 9.59 Å². The molecule has 0 saturated heterocycles. The highest BCUT2D eigenvalue weighted by Gasteiger charge is 2.21. The van der Waals surface area contributed by atoms with Crippen molar-refractivity contribution >= 4 is 11.7 Å². The van der Waals surface area contributed by atoms with E-state index in [9.17, 15) is 9.59 Å². The van der Waals surface area contributed by atoms with Crippen LogP contribution in [0.15, 0.2) is 12.2 Å². The molecular formula is C12H21NO2. The van der Waals surface area contributed by atoms with Crippen molar-refractivity contribution in [2.75, 3.05) is 14.1 Å². The minimum Gasteiger partial charge on any atom is -0.349 e. The van der Waals surface area contributed by atoms with Crippen molar-refractivity contribution in [3.63, 3.8) is 0 Å². The Labute approximate surface area is 92.1 Å². The monoisotopic (exact) mass is 211 g/mol. The van der Waals surface area contributed by atoms with Crippen LogP contribution >= 0.6 is 0 Å². The van der Waals surface area contributed by atoms with E-state index in [4.69, 9.17) is 0 Å². The zero-order chi connectivity index (χ0) is 12.0. The van der Waals surface area contributed by atoms with Gasteiger partial charge in [0.25, 0.3) is 0 Å². The second-order valence-electron chi connectivity index (χ2n) is 4.06. The van der Waals surface area contributed by atoms with Crippen molar-refractivity contribution in [2.45, 2.75) is 33.1 Å². The number of amides is 1. The van der Waals surface area contributed by atoms with Crippen LogP contribution in [0.5, 0.6) is 0 Å². The maximum Gasteiger partial charge on any atom is 0.223 e. The number of carbonyl (C=O) groups is 2. The lowest BCUT2D eigenvalue weighted by molar-refractivity contribution is -0.132. The molecule has 0 radical (unpaired) electrons. The molecule has 3 heteroatoms. The predicted octanol–water partition coefficient (Wildman–Crippen LogP) is 2.03. The molecule has 0 saturated carbocycles. The molecule has 0 fully saturated rings. The summed E-state index contributed by atoms with van der Waals surface area (Å²) < 4.78 is 0. The average Bonchev–Trinajstić information content (AvgIpc) is 2.13. The normalized spacial score (nSPS) is 12.0. The maximum absolute atomic E-state index is 11.5. The highest BCUT2D eigenvalue weighted by molar-refractivity contribution is 5.87. The molecule has 86 valence electrons. The topological polar surface area (TPSA) is 37.4 Å². The lowest BCUT2D eigenvalue weighted by atomic mass is 9.90. The van der Waals surface area contributed by atoms with Gasteiger partial charge in [-0.25, -0.2) is 0 Å². The van der Waals surface area contributed by atoms with E-state index in [0.29, 0.717) is 0 Å². The first kappa shape index (κ1) is 13.9. The summed E-state index contributed by atoms with van der Waals surface area (Å²) in [6.07, 6.45) is 2.02. The molecule has 0 aliphatic carbocycles. The van der Waals surface area contributed by atoms with Gasteiger partial charge in [0, 0.05) is 26.4 Å². The predicted molar refractivity (Wildman–Crippen MR) is 61.5 cm³/mol. The van der Waals surface area contributed by atoms with Gasteiger partial charge in [0.2, 0.25) is 5.91 Å². The van der Waals surface area contributed by atoms with Gasteiger partial charge in [-0.05, 0) is 13.3 Å². The zero-order valence-corrected chi connectivity index (χ0v) is 10.2. The van der Waals surface area contributed by atoms with Crippen molar-refractivity contribution in [3.8, 4) is 0 Å². The number of hydrogen-bond donors (Lipinski definition) is 0. The van der Waals surface area contributed by atoms with E-state index in [1.54, 1.807) is 14.1 Å². The third-order valence-corrected chi connectivity index (χ3v) is 2.43. The molecular weight excluding hydrogens is 190 g/mol. The van der Waals surface area contributed by atoms with E-state index in [0.717, 1.165) is 18.4 Å². The Hall–Kier alpha value is -1.12. The summed E-state index contributed by atoms with van der Waals surface area (Å²) in [4.78, 5) is 24.4. The fraction of sp³-hybridized carbons (Fsp3) is 0.667. The summed E-state index contributed by atoms with van der Waals surface area (Å²) in [5, 5.41) is 0. The minimum absolute atomic E-state index is 0.0209. The Morgan fingerprint density at radius 1 is 1.33 bits per heavy atom. The van der Waals surface area contributed by atoms with Gasteiger partial charge in [-0.15, -0.1) is 0 Å². The highest BCUT2D eigenvalue weighted by Crippen LogP contribution is 2.20. The SMILES string of the molecule is C=C(CCC)C(CC(=O)N(C)C)C(C)=O. The van der Waals surface area contributed by atoms with Gasteiger partial charge in [-0.2, -0.15) is 0 Å². The van der Waals surface area contributed by atoms with Gasteiger partial charge in [-0.1, -0.05) is 25.5 Å². The lowest BCUT2D eigenvalue weighted by Gasteiger charge is -2.18. The Kier molecular flexibility index (Phi) is 5.90. The Balaban J connectivity index is 4.48. The van der Waals surface area contributed by atoms with Gasteiger partial charge >= 0.3 is 0 Å². The molecule has 3 nitrogen and oxygen atoms in total. The number of carbonyl (C=O) groups excluding carboxylic acids is 2. The zero-order valence-electron chi connectivity index (χ0n) is 10.2. The molecule has 0 N–H and O–H groups in total. The summed E-state index contributed by atoms with van der Waals surface area (Å²) in [5.41, 5.74) is 0.875. The molecule has 0 heterocycles. The van der Waals surface area contributed by atoms with Gasteiger partial charge in [0.15, 0.2) is 0 Å². The molecule has 0 aromatic carbocycles. The lowest BCUT2D eigenvalue weighted by Crippen LogP contribution is -2.27. The molecule has 0 aliphatic rings. The molecule has 0 spiro atoms. The summed E-state index contributed by atoms with van der Waals surface area (Å²) >= 11 is 0. The third kappa shape index (κ3) is 4.77. The summed E-state index contributed by atoms with van der Waals surface area (Å²) in [6, 6.07) is 0. The first-order chi connectivity index (χ1) is 6.90. The summed E-state index contributed by atoms with van der Waals surface area (Å²) in [5.74, 6) is -0.295. The fourth-order valence-corrected chi connectivity index (χ4v) is 1.43.